The average Bonchev–Trinajstić information content (AvgIpc) is 3.13. The summed E-state index contributed by atoms with van der Waals surface area (Å²) in [5.41, 5.74) is 2.63. The van der Waals surface area contributed by atoms with E-state index in [0.29, 0.717) is 11.6 Å². The molecule has 2 N–H and O–H groups in total. The molecule has 0 saturated carbocycles. The third kappa shape index (κ3) is 4.85. The van der Waals surface area contributed by atoms with Crippen molar-refractivity contribution >= 4 is 40.0 Å². The number of amides is 2. The van der Waals surface area contributed by atoms with E-state index in [1.165, 1.54) is 11.5 Å². The first-order chi connectivity index (χ1) is 14.5. The molecule has 2 amide bonds. The van der Waals surface area contributed by atoms with Crippen LogP contribution in [0.15, 0.2) is 36.8 Å². The lowest BCUT2D eigenvalue weighted by Crippen LogP contribution is -2.51. The zero-order chi connectivity index (χ0) is 21.1. The first-order valence-electron chi connectivity index (χ1n) is 9.64. The second-order valence-electron chi connectivity index (χ2n) is 7.30. The highest BCUT2D eigenvalue weighted by Gasteiger charge is 2.33. The number of hydrogen-bond donors (Lipinski definition) is 2. The first kappa shape index (κ1) is 20.5. The van der Waals surface area contributed by atoms with Crippen molar-refractivity contribution in [2.45, 2.75) is 32.2 Å². The average molecular weight is 444 g/mol. The number of urea groups is 1. The SMILES string of the molecule is Cc1cc(NC(=O)NC2CCN(c3cncc(C)n3)CC2c2ccc(Cl)cn2)sn1. The van der Waals surface area contributed by atoms with Crippen molar-refractivity contribution < 1.29 is 4.79 Å². The Morgan fingerprint density at radius 2 is 2.10 bits per heavy atom. The molecule has 8 nitrogen and oxygen atoms in total. The van der Waals surface area contributed by atoms with E-state index in [0.717, 1.165) is 40.9 Å². The van der Waals surface area contributed by atoms with Gasteiger partial charge in [-0.2, -0.15) is 4.37 Å². The number of nitrogens with zero attached hydrogens (tertiary/aromatic N) is 5. The molecule has 30 heavy (non-hydrogen) atoms. The molecule has 156 valence electrons. The highest BCUT2D eigenvalue weighted by Crippen LogP contribution is 2.29. The van der Waals surface area contributed by atoms with Gasteiger partial charge in [-0.3, -0.25) is 15.3 Å². The van der Waals surface area contributed by atoms with Crippen LogP contribution in [0.1, 0.15) is 29.4 Å². The van der Waals surface area contributed by atoms with E-state index in [-0.39, 0.29) is 18.0 Å². The Morgan fingerprint density at radius 3 is 2.80 bits per heavy atom. The highest BCUT2D eigenvalue weighted by atomic mass is 35.5. The Morgan fingerprint density at radius 1 is 1.23 bits per heavy atom. The van der Waals surface area contributed by atoms with Gasteiger partial charge in [-0.15, -0.1) is 0 Å². The topological polar surface area (TPSA) is 95.9 Å². The Labute approximate surface area is 183 Å². The summed E-state index contributed by atoms with van der Waals surface area (Å²) >= 11 is 7.30. The number of nitrogens with one attached hydrogen (secondary N) is 2. The lowest BCUT2D eigenvalue weighted by atomic mass is 9.89. The molecule has 4 heterocycles. The van der Waals surface area contributed by atoms with Crippen molar-refractivity contribution in [2.75, 3.05) is 23.3 Å². The quantitative estimate of drug-likeness (QED) is 0.637. The molecule has 0 bridgehead atoms. The summed E-state index contributed by atoms with van der Waals surface area (Å²) in [6.45, 7) is 5.24. The van der Waals surface area contributed by atoms with Crippen LogP contribution in [0.4, 0.5) is 15.6 Å². The van der Waals surface area contributed by atoms with E-state index >= 15 is 0 Å². The summed E-state index contributed by atoms with van der Waals surface area (Å²) < 4.78 is 4.19. The van der Waals surface area contributed by atoms with Gasteiger partial charge in [-0.25, -0.2) is 9.78 Å². The fraction of sp³-hybridized carbons (Fsp3) is 0.350. The van der Waals surface area contributed by atoms with E-state index in [1.807, 2.05) is 32.0 Å². The second-order valence-corrected chi connectivity index (χ2v) is 8.54. The van der Waals surface area contributed by atoms with Crippen molar-refractivity contribution in [3.05, 3.63) is 58.9 Å². The fourth-order valence-corrected chi connectivity index (χ4v) is 4.35. The van der Waals surface area contributed by atoms with Gasteiger partial charge in [0.25, 0.3) is 0 Å². The zero-order valence-electron chi connectivity index (χ0n) is 16.7. The molecule has 10 heteroatoms. The van der Waals surface area contributed by atoms with Crippen LogP contribution in [-0.4, -0.2) is 44.5 Å². The molecule has 0 aliphatic carbocycles. The maximum atomic E-state index is 12.6. The molecular weight excluding hydrogens is 422 g/mol. The number of anilines is 2. The van der Waals surface area contributed by atoms with Crippen molar-refractivity contribution in [1.29, 1.82) is 0 Å². The minimum Gasteiger partial charge on any atom is -0.355 e. The fourth-order valence-electron chi connectivity index (χ4n) is 3.58. The molecule has 0 radical (unpaired) electrons. The van der Waals surface area contributed by atoms with Gasteiger partial charge in [-0.1, -0.05) is 11.6 Å². The summed E-state index contributed by atoms with van der Waals surface area (Å²) in [5, 5.41) is 7.29. The van der Waals surface area contributed by atoms with Crippen LogP contribution >= 0.6 is 23.1 Å². The van der Waals surface area contributed by atoms with Gasteiger partial charge >= 0.3 is 6.03 Å². The van der Waals surface area contributed by atoms with E-state index < -0.39 is 0 Å². The van der Waals surface area contributed by atoms with Crippen LogP contribution in [-0.2, 0) is 0 Å². The molecule has 4 rings (SSSR count). The smallest absolute Gasteiger partial charge is 0.320 e. The predicted molar refractivity (Wildman–Crippen MR) is 118 cm³/mol. The van der Waals surface area contributed by atoms with E-state index in [1.54, 1.807) is 18.6 Å². The van der Waals surface area contributed by atoms with Crippen molar-refractivity contribution in [3.8, 4) is 0 Å². The van der Waals surface area contributed by atoms with Crippen LogP contribution in [0.2, 0.25) is 5.02 Å². The number of aryl methyl sites for hydroxylation is 2. The van der Waals surface area contributed by atoms with Crippen LogP contribution in [0, 0.1) is 13.8 Å². The van der Waals surface area contributed by atoms with E-state index in [4.69, 9.17) is 11.6 Å². The third-order valence-corrected chi connectivity index (χ3v) is 6.01. The molecule has 2 unspecified atom stereocenters. The number of halogens is 1. The van der Waals surface area contributed by atoms with Crippen LogP contribution in [0.25, 0.3) is 0 Å². The molecule has 1 fully saturated rings. The molecule has 3 aromatic rings. The maximum Gasteiger partial charge on any atom is 0.320 e. The zero-order valence-corrected chi connectivity index (χ0v) is 18.2. The van der Waals surface area contributed by atoms with Crippen molar-refractivity contribution in [3.63, 3.8) is 0 Å². The summed E-state index contributed by atoms with van der Waals surface area (Å²) in [6, 6.07) is 5.26. The summed E-state index contributed by atoms with van der Waals surface area (Å²) in [4.78, 5) is 28.2. The second kappa shape index (κ2) is 8.93. The molecular formula is C20H22ClN7OS. The first-order valence-corrected chi connectivity index (χ1v) is 10.8. The van der Waals surface area contributed by atoms with Crippen molar-refractivity contribution in [2.24, 2.45) is 0 Å². The number of carbonyl (C=O) groups excluding carboxylic acids is 1. The number of aromatic nitrogens is 4. The Balaban J connectivity index is 1.52. The molecule has 1 aliphatic heterocycles. The minimum absolute atomic E-state index is 0.0210. The van der Waals surface area contributed by atoms with E-state index in [2.05, 4.69) is 34.9 Å². The van der Waals surface area contributed by atoms with Gasteiger partial charge in [0, 0.05) is 43.1 Å². The number of piperidine rings is 1. The molecule has 3 aromatic heterocycles. The van der Waals surface area contributed by atoms with Gasteiger partial charge in [0.1, 0.15) is 10.8 Å². The summed E-state index contributed by atoms with van der Waals surface area (Å²) in [6.07, 6.45) is 5.90. The summed E-state index contributed by atoms with van der Waals surface area (Å²) in [5.74, 6) is 0.810. The molecule has 1 aliphatic rings. The molecule has 1 saturated heterocycles. The Hall–Kier alpha value is -2.78. The lowest BCUT2D eigenvalue weighted by molar-refractivity contribution is 0.243. The molecule has 0 spiro atoms. The van der Waals surface area contributed by atoms with Gasteiger partial charge in [-0.05, 0) is 50.0 Å². The Kier molecular flexibility index (Phi) is 6.10. The monoisotopic (exact) mass is 443 g/mol. The van der Waals surface area contributed by atoms with Gasteiger partial charge in [0.15, 0.2) is 0 Å². The lowest BCUT2D eigenvalue weighted by Gasteiger charge is -2.39. The Bertz CT molecular complexity index is 1030. The number of hydrogen-bond acceptors (Lipinski definition) is 7. The van der Waals surface area contributed by atoms with E-state index in [9.17, 15) is 4.79 Å². The standard InChI is InChI=1S/C20H22ClN7OS/c1-12-7-19(30-27-12)26-20(29)25-17-5-6-28(18-10-22-8-13(2)24-18)11-15(17)16-4-3-14(21)9-23-16/h3-4,7-10,15,17H,5-6,11H2,1-2H3,(H2,25,26,29). The molecule has 2 atom stereocenters. The van der Waals surface area contributed by atoms with Gasteiger partial charge in [0.05, 0.1) is 22.6 Å². The van der Waals surface area contributed by atoms with Gasteiger partial charge in [0.2, 0.25) is 0 Å². The highest BCUT2D eigenvalue weighted by molar-refractivity contribution is 7.10. The molecule has 0 aromatic carbocycles. The normalized spacial score (nSPS) is 18.8. The predicted octanol–water partition coefficient (Wildman–Crippen LogP) is 3.78. The number of pyridine rings is 1. The third-order valence-electron chi connectivity index (χ3n) is 4.99. The van der Waals surface area contributed by atoms with Crippen LogP contribution in [0.5, 0.6) is 0 Å². The summed E-state index contributed by atoms with van der Waals surface area (Å²) in [7, 11) is 0. The minimum atomic E-state index is -0.244. The van der Waals surface area contributed by atoms with Crippen LogP contribution < -0.4 is 15.5 Å². The maximum absolute atomic E-state index is 12.6. The van der Waals surface area contributed by atoms with Gasteiger partial charge < -0.3 is 10.2 Å². The van der Waals surface area contributed by atoms with Crippen molar-refractivity contribution in [1.82, 2.24) is 24.6 Å². The largest absolute Gasteiger partial charge is 0.355 e. The number of rotatable bonds is 4. The van der Waals surface area contributed by atoms with Crippen LogP contribution in [0.3, 0.4) is 0 Å². The number of carbonyl (C=O) groups is 1.